The molecule has 1 fully saturated rings. The van der Waals surface area contributed by atoms with Crippen LogP contribution in [0.25, 0.3) is 10.9 Å². The number of rotatable bonds is 2. The first-order chi connectivity index (χ1) is 8.34. The second-order valence-corrected chi connectivity index (χ2v) is 5.15. The molecule has 0 radical (unpaired) electrons. The van der Waals surface area contributed by atoms with Crippen molar-refractivity contribution in [2.45, 2.75) is 26.3 Å². The maximum atomic E-state index is 3.44. The van der Waals surface area contributed by atoms with Crippen LogP contribution in [0.3, 0.4) is 0 Å². The van der Waals surface area contributed by atoms with Crippen LogP contribution < -0.4 is 5.32 Å². The van der Waals surface area contributed by atoms with Gasteiger partial charge in [0.2, 0.25) is 0 Å². The van der Waals surface area contributed by atoms with Crippen molar-refractivity contribution in [1.82, 2.24) is 9.88 Å². The molecule has 3 rings (SSSR count). The number of piperidine rings is 1. The molecular weight excluding hydrogens is 208 g/mol. The zero-order valence-electron chi connectivity index (χ0n) is 10.4. The van der Waals surface area contributed by atoms with Crippen molar-refractivity contribution in [3.63, 3.8) is 0 Å². The lowest BCUT2D eigenvalue weighted by atomic mass is 9.98. The Balaban J connectivity index is 1.90. The first-order valence-corrected chi connectivity index (χ1v) is 6.60. The lowest BCUT2D eigenvalue weighted by Crippen LogP contribution is -2.30. The van der Waals surface area contributed by atoms with Crippen molar-refractivity contribution in [3.05, 3.63) is 36.0 Å². The second-order valence-electron chi connectivity index (χ2n) is 5.15. The van der Waals surface area contributed by atoms with Crippen LogP contribution in [0, 0.1) is 12.8 Å². The molecule has 0 spiro atoms. The zero-order valence-corrected chi connectivity index (χ0v) is 10.4. The van der Waals surface area contributed by atoms with Gasteiger partial charge in [0.25, 0.3) is 0 Å². The molecule has 1 aliphatic heterocycles. The van der Waals surface area contributed by atoms with Crippen molar-refractivity contribution >= 4 is 10.9 Å². The van der Waals surface area contributed by atoms with E-state index in [1.165, 1.54) is 49.1 Å². The smallest absolute Gasteiger partial charge is 0.0482 e. The van der Waals surface area contributed by atoms with E-state index in [2.05, 4.69) is 47.1 Å². The van der Waals surface area contributed by atoms with Gasteiger partial charge in [-0.05, 0) is 56.3 Å². The monoisotopic (exact) mass is 228 g/mol. The molecule has 17 heavy (non-hydrogen) atoms. The average molecular weight is 228 g/mol. The van der Waals surface area contributed by atoms with Crippen LogP contribution in [0.1, 0.15) is 18.5 Å². The van der Waals surface area contributed by atoms with Gasteiger partial charge in [0, 0.05) is 17.8 Å². The first-order valence-electron chi connectivity index (χ1n) is 6.60. The number of para-hydroxylation sites is 1. The van der Waals surface area contributed by atoms with Crippen LogP contribution in [0.5, 0.6) is 0 Å². The minimum Gasteiger partial charge on any atom is -0.345 e. The second kappa shape index (κ2) is 4.53. The fraction of sp³-hybridized carbons (Fsp3) is 0.467. The molecule has 2 heterocycles. The normalized spacial score (nSPS) is 17.7. The Morgan fingerprint density at radius 1 is 1.24 bits per heavy atom. The Labute approximate surface area is 103 Å². The molecular formula is C15H20N2. The largest absolute Gasteiger partial charge is 0.345 e. The van der Waals surface area contributed by atoms with Crippen LogP contribution in [0.2, 0.25) is 0 Å². The number of aryl methyl sites for hydroxylation is 1. The number of hydrogen-bond donors (Lipinski definition) is 1. The Bertz CT molecular complexity index is 507. The van der Waals surface area contributed by atoms with Crippen molar-refractivity contribution < 1.29 is 0 Å². The molecule has 1 N–H and O–H groups in total. The van der Waals surface area contributed by atoms with Gasteiger partial charge in [-0.1, -0.05) is 18.2 Å². The Kier molecular flexibility index (Phi) is 2.89. The highest BCUT2D eigenvalue weighted by molar-refractivity contribution is 5.81. The molecule has 0 aliphatic carbocycles. The van der Waals surface area contributed by atoms with Crippen LogP contribution in [0.15, 0.2) is 30.3 Å². The van der Waals surface area contributed by atoms with Gasteiger partial charge in [-0.3, -0.25) is 0 Å². The van der Waals surface area contributed by atoms with Crippen molar-refractivity contribution in [2.24, 2.45) is 5.92 Å². The van der Waals surface area contributed by atoms with Crippen LogP contribution >= 0.6 is 0 Å². The summed E-state index contributed by atoms with van der Waals surface area (Å²) in [5.74, 6) is 0.839. The van der Waals surface area contributed by atoms with Gasteiger partial charge >= 0.3 is 0 Å². The topological polar surface area (TPSA) is 17.0 Å². The first kappa shape index (κ1) is 10.8. The van der Waals surface area contributed by atoms with E-state index in [-0.39, 0.29) is 0 Å². The molecule has 2 heteroatoms. The summed E-state index contributed by atoms with van der Waals surface area (Å²) >= 11 is 0. The third-order valence-electron chi connectivity index (χ3n) is 3.92. The fourth-order valence-electron chi connectivity index (χ4n) is 2.91. The standard InChI is InChI=1S/C15H20N2/c1-12-10-14-4-2-3-5-15(14)17(12)11-13-6-8-16-9-7-13/h2-5,10,13,16H,6-9,11H2,1H3. The zero-order chi connectivity index (χ0) is 11.7. The summed E-state index contributed by atoms with van der Waals surface area (Å²) in [6.07, 6.45) is 2.62. The van der Waals surface area contributed by atoms with E-state index in [1.54, 1.807) is 0 Å². The molecule has 0 amide bonds. The fourth-order valence-corrected chi connectivity index (χ4v) is 2.91. The van der Waals surface area contributed by atoms with Gasteiger partial charge in [-0.25, -0.2) is 0 Å². The third-order valence-corrected chi connectivity index (χ3v) is 3.92. The van der Waals surface area contributed by atoms with Gasteiger partial charge in [-0.2, -0.15) is 0 Å². The summed E-state index contributed by atoms with van der Waals surface area (Å²) in [7, 11) is 0. The minimum atomic E-state index is 0.839. The Morgan fingerprint density at radius 3 is 2.82 bits per heavy atom. The van der Waals surface area contributed by atoms with Gasteiger partial charge in [-0.15, -0.1) is 0 Å². The number of benzene rings is 1. The van der Waals surface area contributed by atoms with E-state index in [1.807, 2.05) is 0 Å². The van der Waals surface area contributed by atoms with E-state index < -0.39 is 0 Å². The molecule has 1 aromatic heterocycles. The van der Waals surface area contributed by atoms with E-state index in [4.69, 9.17) is 0 Å². The lowest BCUT2D eigenvalue weighted by molar-refractivity contribution is 0.335. The van der Waals surface area contributed by atoms with Gasteiger partial charge in [0.15, 0.2) is 0 Å². The molecule has 0 saturated carbocycles. The average Bonchev–Trinajstić information content (AvgIpc) is 2.68. The summed E-state index contributed by atoms with van der Waals surface area (Å²) in [6.45, 7) is 5.77. The molecule has 1 saturated heterocycles. The van der Waals surface area contributed by atoms with E-state index in [0.717, 1.165) is 5.92 Å². The summed E-state index contributed by atoms with van der Waals surface area (Å²) in [4.78, 5) is 0. The predicted molar refractivity (Wildman–Crippen MR) is 72.3 cm³/mol. The quantitative estimate of drug-likeness (QED) is 0.836. The van der Waals surface area contributed by atoms with Crippen LogP contribution in [-0.2, 0) is 6.54 Å². The van der Waals surface area contributed by atoms with E-state index in [9.17, 15) is 0 Å². The van der Waals surface area contributed by atoms with Crippen molar-refractivity contribution in [2.75, 3.05) is 13.1 Å². The molecule has 2 aromatic rings. The van der Waals surface area contributed by atoms with Gasteiger partial charge in [0.1, 0.15) is 0 Å². The molecule has 1 aromatic carbocycles. The van der Waals surface area contributed by atoms with Crippen molar-refractivity contribution in [3.8, 4) is 0 Å². The summed E-state index contributed by atoms with van der Waals surface area (Å²) in [6, 6.07) is 11.0. The SMILES string of the molecule is Cc1cc2ccccc2n1CC1CCNCC1. The number of hydrogen-bond acceptors (Lipinski definition) is 1. The summed E-state index contributed by atoms with van der Waals surface area (Å²) in [5.41, 5.74) is 2.79. The molecule has 90 valence electrons. The molecule has 0 unspecified atom stereocenters. The molecule has 0 atom stereocenters. The van der Waals surface area contributed by atoms with Gasteiger partial charge < -0.3 is 9.88 Å². The molecule has 0 bridgehead atoms. The lowest BCUT2D eigenvalue weighted by Gasteiger charge is -2.24. The number of nitrogens with zero attached hydrogens (tertiary/aromatic N) is 1. The Hall–Kier alpha value is -1.28. The van der Waals surface area contributed by atoms with E-state index >= 15 is 0 Å². The number of aromatic nitrogens is 1. The highest BCUT2D eigenvalue weighted by Gasteiger charge is 2.15. The summed E-state index contributed by atoms with van der Waals surface area (Å²) in [5, 5.41) is 4.81. The number of nitrogens with one attached hydrogen (secondary N) is 1. The van der Waals surface area contributed by atoms with Gasteiger partial charge in [0.05, 0.1) is 0 Å². The minimum absolute atomic E-state index is 0.839. The molecule has 2 nitrogen and oxygen atoms in total. The maximum absolute atomic E-state index is 3.44. The highest BCUT2D eigenvalue weighted by Crippen LogP contribution is 2.23. The van der Waals surface area contributed by atoms with Crippen LogP contribution in [-0.4, -0.2) is 17.7 Å². The van der Waals surface area contributed by atoms with Crippen LogP contribution in [0.4, 0.5) is 0 Å². The summed E-state index contributed by atoms with van der Waals surface area (Å²) < 4.78 is 2.49. The Morgan fingerprint density at radius 2 is 2.00 bits per heavy atom. The highest BCUT2D eigenvalue weighted by atomic mass is 15.0. The number of fused-ring (bicyclic) bond motifs is 1. The molecule has 1 aliphatic rings. The van der Waals surface area contributed by atoms with Crippen molar-refractivity contribution in [1.29, 1.82) is 0 Å². The maximum Gasteiger partial charge on any atom is 0.0482 e. The van der Waals surface area contributed by atoms with E-state index in [0.29, 0.717) is 0 Å². The predicted octanol–water partition coefficient (Wildman–Crippen LogP) is 2.95. The third kappa shape index (κ3) is 2.09.